The number of halogens is 1. The van der Waals surface area contributed by atoms with E-state index in [1.807, 2.05) is 0 Å². The van der Waals surface area contributed by atoms with Crippen LogP contribution in [0.3, 0.4) is 0 Å². The molecule has 5 nitrogen and oxygen atoms in total. The van der Waals surface area contributed by atoms with E-state index < -0.39 is 0 Å². The highest BCUT2D eigenvalue weighted by Gasteiger charge is 2.11. The molecule has 2 aromatic rings. The molecule has 0 atom stereocenters. The van der Waals surface area contributed by atoms with Crippen molar-refractivity contribution in [2.24, 2.45) is 7.05 Å². The first-order chi connectivity index (χ1) is 8.04. The minimum atomic E-state index is -0.390. The zero-order valence-electron chi connectivity index (χ0n) is 9.51. The second kappa shape index (κ2) is 3.97. The molecule has 0 unspecified atom stereocenters. The van der Waals surface area contributed by atoms with Gasteiger partial charge in [-0.3, -0.25) is 0 Å². The zero-order valence-corrected chi connectivity index (χ0v) is 9.51. The molecular formula is C11H11FN4O. The van der Waals surface area contributed by atoms with Gasteiger partial charge in [0, 0.05) is 12.6 Å². The van der Waals surface area contributed by atoms with Crippen LogP contribution in [0.15, 0.2) is 23.5 Å². The lowest BCUT2D eigenvalue weighted by Crippen LogP contribution is -2.22. The summed E-state index contributed by atoms with van der Waals surface area (Å²) >= 11 is 0. The van der Waals surface area contributed by atoms with Crippen LogP contribution in [0.5, 0.6) is 0 Å². The SMILES string of the molecule is C=Cc1cc(F)c(C)cc1-n1nnn(C)c1=O. The Morgan fingerprint density at radius 3 is 2.65 bits per heavy atom. The number of hydrogen-bond donors (Lipinski definition) is 0. The van der Waals surface area contributed by atoms with Crippen molar-refractivity contribution in [1.82, 2.24) is 19.8 Å². The first kappa shape index (κ1) is 11.3. The molecule has 0 N–H and O–H groups in total. The lowest BCUT2D eigenvalue weighted by atomic mass is 10.1. The molecule has 2 rings (SSSR count). The van der Waals surface area contributed by atoms with Gasteiger partial charge in [-0.25, -0.2) is 9.18 Å². The van der Waals surface area contributed by atoms with Crippen LogP contribution in [0.4, 0.5) is 4.39 Å². The van der Waals surface area contributed by atoms with Gasteiger partial charge >= 0.3 is 5.69 Å². The van der Waals surface area contributed by atoms with Gasteiger partial charge in [0.1, 0.15) is 5.82 Å². The third-order valence-electron chi connectivity index (χ3n) is 2.48. The molecule has 1 aromatic carbocycles. The van der Waals surface area contributed by atoms with Gasteiger partial charge in [0.2, 0.25) is 0 Å². The second-order valence-electron chi connectivity index (χ2n) is 3.66. The van der Waals surface area contributed by atoms with Crippen LogP contribution in [0.1, 0.15) is 11.1 Å². The van der Waals surface area contributed by atoms with Crippen LogP contribution >= 0.6 is 0 Å². The standard InChI is InChI=1S/C11H11FN4O/c1-4-8-6-9(12)7(2)5-10(8)16-11(17)15(3)13-14-16/h4-6H,1H2,2-3H3. The highest BCUT2D eigenvalue weighted by molar-refractivity contribution is 5.60. The van der Waals surface area contributed by atoms with Gasteiger partial charge in [-0.2, -0.15) is 9.36 Å². The number of nitrogens with zero attached hydrogens (tertiary/aromatic N) is 4. The van der Waals surface area contributed by atoms with Crippen LogP contribution in [0.2, 0.25) is 0 Å². The summed E-state index contributed by atoms with van der Waals surface area (Å²) in [6.45, 7) is 5.21. The Morgan fingerprint density at radius 1 is 1.41 bits per heavy atom. The third kappa shape index (κ3) is 1.77. The van der Waals surface area contributed by atoms with E-state index in [2.05, 4.69) is 17.0 Å². The van der Waals surface area contributed by atoms with E-state index in [0.29, 0.717) is 16.8 Å². The molecule has 1 heterocycles. The molecule has 0 aliphatic heterocycles. The first-order valence-corrected chi connectivity index (χ1v) is 4.96. The van der Waals surface area contributed by atoms with Gasteiger partial charge in [0.25, 0.3) is 0 Å². The molecule has 6 heteroatoms. The molecule has 88 valence electrons. The summed E-state index contributed by atoms with van der Waals surface area (Å²) in [5.74, 6) is -0.347. The van der Waals surface area contributed by atoms with Crippen LogP contribution in [-0.4, -0.2) is 19.8 Å². The summed E-state index contributed by atoms with van der Waals surface area (Å²) in [5, 5.41) is 7.32. The normalized spacial score (nSPS) is 10.5. The van der Waals surface area contributed by atoms with E-state index in [4.69, 9.17) is 0 Å². The lowest BCUT2D eigenvalue weighted by Gasteiger charge is -2.06. The lowest BCUT2D eigenvalue weighted by molar-refractivity contribution is 0.616. The molecule has 0 saturated carbocycles. The molecule has 0 amide bonds. The maximum absolute atomic E-state index is 13.4. The van der Waals surface area contributed by atoms with Gasteiger partial charge in [-0.05, 0) is 35.0 Å². The molecule has 0 spiro atoms. The number of aryl methyl sites for hydroxylation is 2. The van der Waals surface area contributed by atoms with Crippen molar-refractivity contribution < 1.29 is 4.39 Å². The van der Waals surface area contributed by atoms with Crippen LogP contribution in [0, 0.1) is 12.7 Å². The predicted molar refractivity (Wildman–Crippen MR) is 61.4 cm³/mol. The van der Waals surface area contributed by atoms with E-state index in [1.54, 1.807) is 13.0 Å². The van der Waals surface area contributed by atoms with Crippen LogP contribution < -0.4 is 5.69 Å². The summed E-state index contributed by atoms with van der Waals surface area (Å²) < 4.78 is 15.6. The maximum Gasteiger partial charge on any atom is 0.368 e. The monoisotopic (exact) mass is 234 g/mol. The van der Waals surface area contributed by atoms with E-state index in [0.717, 1.165) is 9.36 Å². The van der Waals surface area contributed by atoms with Gasteiger partial charge in [-0.1, -0.05) is 12.7 Å². The van der Waals surface area contributed by atoms with E-state index >= 15 is 0 Å². The maximum atomic E-state index is 13.4. The Morgan fingerprint density at radius 2 is 2.12 bits per heavy atom. The van der Waals surface area contributed by atoms with E-state index in [-0.39, 0.29) is 11.5 Å². The Kier molecular flexibility index (Phi) is 2.63. The van der Waals surface area contributed by atoms with E-state index in [1.165, 1.54) is 19.2 Å². The molecule has 0 aliphatic rings. The molecule has 0 aliphatic carbocycles. The summed E-state index contributed by atoms with van der Waals surface area (Å²) in [6, 6.07) is 2.86. The molecule has 0 fully saturated rings. The van der Waals surface area contributed by atoms with Crippen LogP contribution in [0.25, 0.3) is 11.8 Å². The van der Waals surface area contributed by atoms with Gasteiger partial charge < -0.3 is 0 Å². The molecular weight excluding hydrogens is 223 g/mol. The number of aromatic nitrogens is 4. The number of rotatable bonds is 2. The number of tetrazole rings is 1. The fraction of sp³-hybridized carbons (Fsp3) is 0.182. The van der Waals surface area contributed by atoms with Gasteiger partial charge in [0.15, 0.2) is 0 Å². The average molecular weight is 234 g/mol. The van der Waals surface area contributed by atoms with Crippen molar-refractivity contribution in [3.63, 3.8) is 0 Å². The molecule has 0 radical (unpaired) electrons. The Hall–Kier alpha value is -2.24. The highest BCUT2D eigenvalue weighted by atomic mass is 19.1. The number of benzene rings is 1. The average Bonchev–Trinajstić information content (AvgIpc) is 2.63. The second-order valence-corrected chi connectivity index (χ2v) is 3.66. The van der Waals surface area contributed by atoms with Crippen molar-refractivity contribution in [2.45, 2.75) is 6.92 Å². The topological polar surface area (TPSA) is 52.7 Å². The van der Waals surface area contributed by atoms with Gasteiger partial charge in [-0.15, -0.1) is 0 Å². The summed E-state index contributed by atoms with van der Waals surface area (Å²) in [6.07, 6.45) is 1.47. The van der Waals surface area contributed by atoms with Crippen LogP contribution in [-0.2, 0) is 7.05 Å². The zero-order chi connectivity index (χ0) is 12.6. The molecule has 0 bridgehead atoms. The molecule has 0 saturated heterocycles. The molecule has 17 heavy (non-hydrogen) atoms. The van der Waals surface area contributed by atoms with Gasteiger partial charge in [0.05, 0.1) is 5.69 Å². The fourth-order valence-electron chi connectivity index (χ4n) is 1.49. The quantitative estimate of drug-likeness (QED) is 0.780. The van der Waals surface area contributed by atoms with Crippen molar-refractivity contribution in [3.8, 4) is 5.69 Å². The molecule has 1 aromatic heterocycles. The van der Waals surface area contributed by atoms with E-state index in [9.17, 15) is 9.18 Å². The largest absolute Gasteiger partial charge is 0.368 e. The summed E-state index contributed by atoms with van der Waals surface area (Å²) in [4.78, 5) is 11.7. The summed E-state index contributed by atoms with van der Waals surface area (Å²) in [5.41, 5.74) is 1.01. The predicted octanol–water partition coefficient (Wildman–Crippen LogP) is 1.06. The van der Waals surface area contributed by atoms with Crippen molar-refractivity contribution in [2.75, 3.05) is 0 Å². The highest BCUT2D eigenvalue weighted by Crippen LogP contribution is 2.18. The Bertz CT molecular complexity index is 641. The van der Waals surface area contributed by atoms with Crippen molar-refractivity contribution in [3.05, 3.63) is 46.1 Å². The van der Waals surface area contributed by atoms with Crippen molar-refractivity contribution >= 4 is 6.08 Å². The number of hydrogen-bond acceptors (Lipinski definition) is 3. The minimum Gasteiger partial charge on any atom is -0.244 e. The summed E-state index contributed by atoms with van der Waals surface area (Å²) in [7, 11) is 1.50. The third-order valence-corrected chi connectivity index (χ3v) is 2.48. The Labute approximate surface area is 96.8 Å². The van der Waals surface area contributed by atoms with Crippen molar-refractivity contribution in [1.29, 1.82) is 0 Å². The Balaban J connectivity index is 2.75. The minimum absolute atomic E-state index is 0.347. The first-order valence-electron chi connectivity index (χ1n) is 4.96. The fourth-order valence-corrected chi connectivity index (χ4v) is 1.49. The smallest absolute Gasteiger partial charge is 0.244 e.